The van der Waals surface area contributed by atoms with Crippen molar-refractivity contribution in [2.24, 2.45) is 0 Å². The molecule has 0 unspecified atom stereocenters. The maximum Gasteiger partial charge on any atom is 0.343 e. The fraction of sp³-hybridized carbons (Fsp3) is 0.250. The van der Waals surface area contributed by atoms with E-state index in [4.69, 9.17) is 33.2 Å². The van der Waals surface area contributed by atoms with Gasteiger partial charge in [0.2, 0.25) is 0 Å². The summed E-state index contributed by atoms with van der Waals surface area (Å²) in [5.41, 5.74) is 3.21. The molecule has 0 aliphatic carbocycles. The molecule has 0 heterocycles. The SMILES string of the molecule is C=C(C)C(=O)OCCCCOC(=O)c1ccc(-c2ccc(OC(=O)c3ccc(OC(=O)c4ccc(OCCCCOC(=O)C(=C)C)cc4)c(OC)c3)cc2)cc1. The van der Waals surface area contributed by atoms with Crippen molar-refractivity contribution >= 4 is 29.8 Å². The van der Waals surface area contributed by atoms with Gasteiger partial charge in [0.1, 0.15) is 11.5 Å². The fourth-order valence-corrected chi connectivity index (χ4v) is 4.83. The van der Waals surface area contributed by atoms with E-state index in [0.29, 0.717) is 60.5 Å². The van der Waals surface area contributed by atoms with Crippen molar-refractivity contribution < 1.29 is 57.1 Å². The number of benzene rings is 4. The van der Waals surface area contributed by atoms with E-state index in [9.17, 15) is 24.0 Å². The Morgan fingerprint density at radius 2 is 0.929 bits per heavy atom. The van der Waals surface area contributed by atoms with Gasteiger partial charge in [-0.15, -0.1) is 0 Å². The van der Waals surface area contributed by atoms with E-state index in [1.807, 2.05) is 0 Å². The van der Waals surface area contributed by atoms with Crippen LogP contribution in [-0.4, -0.2) is 63.4 Å². The highest BCUT2D eigenvalue weighted by Crippen LogP contribution is 2.30. The van der Waals surface area contributed by atoms with Crippen LogP contribution >= 0.6 is 0 Å². The summed E-state index contributed by atoms with van der Waals surface area (Å²) in [5, 5.41) is 0. The Hall–Kier alpha value is -6.69. The van der Waals surface area contributed by atoms with Crippen LogP contribution in [0.15, 0.2) is 115 Å². The molecule has 0 amide bonds. The van der Waals surface area contributed by atoms with Crippen LogP contribution in [0.1, 0.15) is 70.6 Å². The summed E-state index contributed by atoms with van der Waals surface area (Å²) in [5.74, 6) is -1.45. The summed E-state index contributed by atoms with van der Waals surface area (Å²) in [6, 6.07) is 24.6. The standard InChI is InChI=1S/C44H44O12/c1-29(2)40(45)52-25-7-6-24-51-36-19-16-34(17-20-36)43(48)56-38-23-18-35(28-39(38)50-5)44(49)55-37-21-14-32(15-22-37)31-10-12-33(13-11-31)42(47)54-27-9-8-26-53-41(46)30(3)4/h10-23,28H,1,3,6-9,24-27H2,2,4-5H3. The number of hydrogen-bond donors (Lipinski definition) is 0. The third kappa shape index (κ3) is 13.0. The lowest BCUT2D eigenvalue weighted by Crippen LogP contribution is -2.11. The molecule has 0 aromatic heterocycles. The molecule has 0 N–H and O–H groups in total. The van der Waals surface area contributed by atoms with Gasteiger partial charge in [0.15, 0.2) is 11.5 Å². The first-order chi connectivity index (χ1) is 26.9. The summed E-state index contributed by atoms with van der Waals surface area (Å²) >= 11 is 0. The molecule has 0 bridgehead atoms. The second-order valence-electron chi connectivity index (χ2n) is 12.5. The van der Waals surface area contributed by atoms with E-state index in [1.165, 1.54) is 25.3 Å². The van der Waals surface area contributed by atoms with Crippen LogP contribution < -0.4 is 18.9 Å². The highest BCUT2D eigenvalue weighted by molar-refractivity contribution is 5.94. The van der Waals surface area contributed by atoms with Gasteiger partial charge in [-0.2, -0.15) is 0 Å². The van der Waals surface area contributed by atoms with E-state index in [2.05, 4.69) is 13.2 Å². The predicted molar refractivity (Wildman–Crippen MR) is 207 cm³/mol. The van der Waals surface area contributed by atoms with Gasteiger partial charge < -0.3 is 33.2 Å². The zero-order chi connectivity index (χ0) is 40.5. The van der Waals surface area contributed by atoms with Crippen molar-refractivity contribution in [1.29, 1.82) is 0 Å². The molecule has 4 rings (SSSR count). The van der Waals surface area contributed by atoms with Crippen LogP contribution in [0.4, 0.5) is 0 Å². The predicted octanol–water partition coefficient (Wildman–Crippen LogP) is 8.14. The number of hydrogen-bond acceptors (Lipinski definition) is 12. The molecular weight excluding hydrogens is 720 g/mol. The molecule has 0 radical (unpaired) electrons. The largest absolute Gasteiger partial charge is 0.494 e. The number of ether oxygens (including phenoxy) is 7. The maximum atomic E-state index is 13.0. The summed E-state index contributed by atoms with van der Waals surface area (Å²) in [6.07, 6.45) is 2.42. The molecule has 0 aliphatic heterocycles. The average Bonchev–Trinajstić information content (AvgIpc) is 3.20. The molecule has 4 aromatic carbocycles. The van der Waals surface area contributed by atoms with Gasteiger partial charge in [-0.1, -0.05) is 37.4 Å². The quantitative estimate of drug-likeness (QED) is 0.0281. The van der Waals surface area contributed by atoms with E-state index >= 15 is 0 Å². The van der Waals surface area contributed by atoms with Gasteiger partial charge in [0.05, 0.1) is 50.2 Å². The minimum atomic E-state index is -0.645. The molecule has 292 valence electrons. The third-order valence-corrected chi connectivity index (χ3v) is 7.95. The smallest absolute Gasteiger partial charge is 0.343 e. The van der Waals surface area contributed by atoms with Crippen molar-refractivity contribution in [3.63, 3.8) is 0 Å². The number of carbonyl (C=O) groups excluding carboxylic acids is 5. The normalized spacial score (nSPS) is 10.4. The van der Waals surface area contributed by atoms with E-state index in [1.54, 1.807) is 86.6 Å². The summed E-state index contributed by atoms with van der Waals surface area (Å²) < 4.78 is 37.6. The Morgan fingerprint density at radius 1 is 0.482 bits per heavy atom. The van der Waals surface area contributed by atoms with Crippen LogP contribution in [0.3, 0.4) is 0 Å². The second-order valence-corrected chi connectivity index (χ2v) is 12.5. The topological polar surface area (TPSA) is 150 Å². The average molecular weight is 765 g/mol. The molecule has 0 spiro atoms. The molecule has 0 atom stereocenters. The van der Waals surface area contributed by atoms with E-state index in [-0.39, 0.29) is 42.4 Å². The van der Waals surface area contributed by atoms with Crippen LogP contribution in [-0.2, 0) is 23.8 Å². The molecule has 4 aromatic rings. The molecule has 12 nitrogen and oxygen atoms in total. The summed E-state index contributed by atoms with van der Waals surface area (Å²) in [6.45, 7) is 11.4. The van der Waals surface area contributed by atoms with Crippen LogP contribution in [0.25, 0.3) is 11.1 Å². The lowest BCUT2D eigenvalue weighted by molar-refractivity contribution is -0.140. The van der Waals surface area contributed by atoms with Crippen molar-refractivity contribution in [1.82, 2.24) is 0 Å². The third-order valence-electron chi connectivity index (χ3n) is 7.95. The zero-order valence-corrected chi connectivity index (χ0v) is 31.6. The van der Waals surface area contributed by atoms with Crippen molar-refractivity contribution in [2.75, 3.05) is 33.5 Å². The minimum Gasteiger partial charge on any atom is -0.494 e. The van der Waals surface area contributed by atoms with Crippen LogP contribution in [0.2, 0.25) is 0 Å². The van der Waals surface area contributed by atoms with Gasteiger partial charge >= 0.3 is 29.8 Å². The first-order valence-electron chi connectivity index (χ1n) is 17.8. The van der Waals surface area contributed by atoms with Gasteiger partial charge in [0, 0.05) is 11.1 Å². The Balaban J connectivity index is 1.23. The number of rotatable bonds is 20. The molecule has 56 heavy (non-hydrogen) atoms. The fourth-order valence-electron chi connectivity index (χ4n) is 4.83. The molecule has 0 fully saturated rings. The minimum absolute atomic E-state index is 0.115. The zero-order valence-electron chi connectivity index (χ0n) is 31.6. The molecular formula is C44H44O12. The lowest BCUT2D eigenvalue weighted by atomic mass is 10.0. The monoisotopic (exact) mass is 764 g/mol. The van der Waals surface area contributed by atoms with Crippen molar-refractivity contribution in [3.05, 3.63) is 132 Å². The highest BCUT2D eigenvalue weighted by atomic mass is 16.6. The molecule has 12 heteroatoms. The Morgan fingerprint density at radius 3 is 1.48 bits per heavy atom. The van der Waals surface area contributed by atoms with Gasteiger partial charge in [-0.25, -0.2) is 24.0 Å². The number of methoxy groups -OCH3 is 1. The van der Waals surface area contributed by atoms with E-state index < -0.39 is 29.8 Å². The number of esters is 5. The maximum absolute atomic E-state index is 13.0. The first kappa shape index (κ1) is 42.1. The summed E-state index contributed by atoms with van der Waals surface area (Å²) in [4.78, 5) is 61.1. The Bertz CT molecular complexity index is 2010. The number of carbonyl (C=O) groups is 5. The lowest BCUT2D eigenvalue weighted by Gasteiger charge is -2.12. The van der Waals surface area contributed by atoms with Crippen LogP contribution in [0.5, 0.6) is 23.0 Å². The van der Waals surface area contributed by atoms with Crippen molar-refractivity contribution in [2.45, 2.75) is 39.5 Å². The highest BCUT2D eigenvalue weighted by Gasteiger charge is 2.17. The molecule has 0 saturated heterocycles. The molecule has 0 saturated carbocycles. The van der Waals surface area contributed by atoms with E-state index in [0.717, 1.165) is 11.1 Å². The second kappa shape index (κ2) is 21.3. The van der Waals surface area contributed by atoms with Gasteiger partial charge in [-0.05, 0) is 117 Å². The number of unbranched alkanes of at least 4 members (excludes halogenated alkanes) is 2. The summed E-state index contributed by atoms with van der Waals surface area (Å²) in [7, 11) is 1.39. The molecule has 0 aliphatic rings. The Kier molecular flexibility index (Phi) is 16.0. The van der Waals surface area contributed by atoms with Crippen molar-refractivity contribution in [3.8, 4) is 34.1 Å². The Labute approximate surface area is 325 Å². The van der Waals surface area contributed by atoms with Crippen LogP contribution in [0, 0.1) is 0 Å². The van der Waals surface area contributed by atoms with Gasteiger partial charge in [-0.3, -0.25) is 0 Å². The first-order valence-corrected chi connectivity index (χ1v) is 17.8. The van der Waals surface area contributed by atoms with Gasteiger partial charge in [0.25, 0.3) is 0 Å².